The Bertz CT molecular complexity index is 498. The van der Waals surface area contributed by atoms with E-state index in [4.69, 9.17) is 8.85 Å². The maximum Gasteiger partial charge on any atom is 0.217 e. The van der Waals surface area contributed by atoms with E-state index in [1.807, 2.05) is 0 Å². The summed E-state index contributed by atoms with van der Waals surface area (Å²) < 4.78 is 12.6. The number of unbranched alkanes of at least 4 members (excludes halogenated alkanes) is 11. The molecule has 0 rings (SSSR count). The third-order valence-electron chi connectivity index (χ3n) is 5.27. The minimum Gasteiger partial charge on any atom is -0.415 e. The van der Waals surface area contributed by atoms with Crippen molar-refractivity contribution in [2.24, 2.45) is 0 Å². The molecule has 0 radical (unpaired) electrons. The maximum atomic E-state index is 11.8. The fraction of sp³-hybridized carbons (Fsp3) is 0.885. The quantitative estimate of drug-likeness (QED) is 0.109. The smallest absolute Gasteiger partial charge is 0.217 e. The van der Waals surface area contributed by atoms with Crippen LogP contribution in [0.3, 0.4) is 0 Å². The molecule has 0 heterocycles. The van der Waals surface area contributed by atoms with Gasteiger partial charge in [-0.05, 0) is 52.1 Å². The number of amides is 1. The van der Waals surface area contributed by atoms with Crippen molar-refractivity contribution < 1.29 is 13.6 Å². The van der Waals surface area contributed by atoms with E-state index in [9.17, 15) is 4.79 Å². The minimum atomic E-state index is -1.76. The van der Waals surface area contributed by atoms with Gasteiger partial charge in [-0.3, -0.25) is 4.79 Å². The van der Waals surface area contributed by atoms with Crippen molar-refractivity contribution in [1.82, 2.24) is 5.32 Å². The third-order valence-corrected chi connectivity index (χ3v) is 7.28. The molecule has 0 fully saturated rings. The van der Waals surface area contributed by atoms with Crippen LogP contribution in [0.5, 0.6) is 0 Å². The van der Waals surface area contributed by atoms with Crippen LogP contribution < -0.4 is 5.32 Å². The molecule has 0 aromatic rings. The van der Waals surface area contributed by atoms with Gasteiger partial charge in [0.25, 0.3) is 0 Å². The zero-order chi connectivity index (χ0) is 24.5. The Morgan fingerprint density at radius 3 is 1.75 bits per heavy atom. The average molecular weight is 486 g/mol. The molecule has 6 heteroatoms. The number of nitrogens with one attached hydrogen (secondary N) is 1. The topological polar surface area (TPSA) is 47.6 Å². The Morgan fingerprint density at radius 2 is 1.31 bits per heavy atom. The lowest BCUT2D eigenvalue weighted by Gasteiger charge is -2.32. The van der Waals surface area contributed by atoms with Gasteiger partial charge < -0.3 is 14.2 Å². The molecule has 0 aliphatic heterocycles. The van der Waals surface area contributed by atoms with Crippen LogP contribution in [0.2, 0.25) is 39.3 Å². The monoisotopic (exact) mass is 485 g/mol. The normalized spacial score (nSPS) is 14.6. The molecule has 0 saturated heterocycles. The van der Waals surface area contributed by atoms with Crippen molar-refractivity contribution in [3.63, 3.8) is 0 Å². The molecule has 1 amide bonds. The van der Waals surface area contributed by atoms with Crippen LogP contribution in [0.1, 0.15) is 90.9 Å². The highest BCUT2D eigenvalue weighted by Crippen LogP contribution is 2.16. The molecule has 0 saturated carbocycles. The average Bonchev–Trinajstić information content (AvgIpc) is 2.66. The Labute approximate surface area is 202 Å². The molecular formula is C26H55NO3Si2. The Balaban J connectivity index is 4.42. The van der Waals surface area contributed by atoms with E-state index in [0.29, 0.717) is 6.61 Å². The van der Waals surface area contributed by atoms with Gasteiger partial charge >= 0.3 is 0 Å². The van der Waals surface area contributed by atoms with E-state index in [0.717, 1.165) is 6.42 Å². The first-order valence-corrected chi connectivity index (χ1v) is 20.0. The molecule has 0 aromatic carbocycles. The molecule has 0 aliphatic carbocycles. The third kappa shape index (κ3) is 21.4. The van der Waals surface area contributed by atoms with Gasteiger partial charge in [-0.15, -0.1) is 0 Å². The molecule has 1 N–H and O–H groups in total. The molecule has 32 heavy (non-hydrogen) atoms. The Kier molecular flexibility index (Phi) is 17.7. The summed E-state index contributed by atoms with van der Waals surface area (Å²) >= 11 is 0. The summed E-state index contributed by atoms with van der Waals surface area (Å²) in [6.07, 6.45) is 20.4. The molecule has 4 nitrogen and oxygen atoms in total. The number of carbonyl (C=O) groups excluding carboxylic acids is 1. The van der Waals surface area contributed by atoms with Crippen LogP contribution in [0.15, 0.2) is 12.2 Å². The van der Waals surface area contributed by atoms with Crippen molar-refractivity contribution in [2.75, 3.05) is 6.61 Å². The minimum absolute atomic E-state index is 0.0304. The number of rotatable bonds is 20. The Hall–Kier alpha value is -0.436. The summed E-state index contributed by atoms with van der Waals surface area (Å²) in [6, 6.07) is -0.139. The van der Waals surface area contributed by atoms with E-state index in [2.05, 4.69) is 63.7 Å². The van der Waals surface area contributed by atoms with Crippen LogP contribution in [0.25, 0.3) is 0 Å². The van der Waals surface area contributed by atoms with Gasteiger partial charge in [0, 0.05) is 6.92 Å². The molecule has 0 aliphatic rings. The predicted octanol–water partition coefficient (Wildman–Crippen LogP) is 7.82. The number of hydrogen-bond donors (Lipinski definition) is 1. The van der Waals surface area contributed by atoms with E-state index < -0.39 is 16.6 Å². The van der Waals surface area contributed by atoms with Gasteiger partial charge in [-0.1, -0.05) is 83.3 Å². The van der Waals surface area contributed by atoms with Crippen LogP contribution >= 0.6 is 0 Å². The van der Waals surface area contributed by atoms with Gasteiger partial charge in [0.05, 0.1) is 18.8 Å². The van der Waals surface area contributed by atoms with E-state index >= 15 is 0 Å². The van der Waals surface area contributed by atoms with Crippen LogP contribution in [0, 0.1) is 0 Å². The fourth-order valence-electron chi connectivity index (χ4n) is 3.64. The SMILES string of the molecule is CCCCCCCCCCCCC/C=C/C(O[Si](C)(C)C)C(CO[Si](C)(C)C)NC(C)=O. The standard InChI is InChI=1S/C26H55NO3Si2/c1-9-10-11-12-13-14-15-16-17-18-19-20-21-22-26(30-32(6,7)8)25(27-24(2)28)23-29-31(3,4)5/h21-22,25-26H,9-20,23H2,1-8H3,(H,27,28)/b22-21+. The lowest BCUT2D eigenvalue weighted by Crippen LogP contribution is -2.50. The number of allylic oxidation sites excluding steroid dienone is 1. The van der Waals surface area contributed by atoms with Gasteiger partial charge in [0.1, 0.15) is 0 Å². The van der Waals surface area contributed by atoms with E-state index in [-0.39, 0.29) is 18.1 Å². The second-order valence-electron chi connectivity index (χ2n) is 11.2. The largest absolute Gasteiger partial charge is 0.415 e. The van der Waals surface area contributed by atoms with Gasteiger partial charge in [-0.25, -0.2) is 0 Å². The highest BCUT2D eigenvalue weighted by atomic mass is 28.4. The summed E-state index contributed by atoms with van der Waals surface area (Å²) in [4.78, 5) is 11.8. The van der Waals surface area contributed by atoms with Crippen molar-refractivity contribution >= 4 is 22.5 Å². The summed E-state index contributed by atoms with van der Waals surface area (Å²) in [6.45, 7) is 17.5. The van der Waals surface area contributed by atoms with E-state index in [1.54, 1.807) is 6.92 Å². The van der Waals surface area contributed by atoms with Crippen molar-refractivity contribution in [1.29, 1.82) is 0 Å². The molecule has 0 bridgehead atoms. The summed E-state index contributed by atoms with van der Waals surface area (Å²) in [5, 5.41) is 3.08. The first kappa shape index (κ1) is 31.6. The first-order chi connectivity index (χ1) is 14.9. The molecule has 0 spiro atoms. The van der Waals surface area contributed by atoms with Crippen LogP contribution in [-0.2, 0) is 13.6 Å². The molecular weight excluding hydrogens is 430 g/mol. The van der Waals surface area contributed by atoms with Crippen molar-refractivity contribution in [3.8, 4) is 0 Å². The zero-order valence-electron chi connectivity index (χ0n) is 22.7. The second-order valence-corrected chi connectivity index (χ2v) is 20.2. The Morgan fingerprint density at radius 1 is 0.812 bits per heavy atom. The lowest BCUT2D eigenvalue weighted by molar-refractivity contribution is -0.120. The van der Waals surface area contributed by atoms with Gasteiger partial charge in [-0.2, -0.15) is 0 Å². The molecule has 190 valence electrons. The number of carbonyl (C=O) groups is 1. The number of hydrogen-bond acceptors (Lipinski definition) is 3. The second kappa shape index (κ2) is 18.0. The zero-order valence-corrected chi connectivity index (χ0v) is 24.7. The predicted molar refractivity (Wildman–Crippen MR) is 145 cm³/mol. The summed E-state index contributed by atoms with van der Waals surface area (Å²) in [5.74, 6) is -0.0304. The fourth-order valence-corrected chi connectivity index (χ4v) is 5.38. The summed E-state index contributed by atoms with van der Waals surface area (Å²) in [7, 11) is -3.43. The maximum absolute atomic E-state index is 11.8. The van der Waals surface area contributed by atoms with Crippen molar-refractivity contribution in [2.45, 2.75) is 142 Å². The molecule has 2 atom stereocenters. The highest BCUT2D eigenvalue weighted by Gasteiger charge is 2.28. The molecule has 0 aromatic heterocycles. The van der Waals surface area contributed by atoms with Crippen LogP contribution in [0.4, 0.5) is 0 Å². The highest BCUT2D eigenvalue weighted by molar-refractivity contribution is 6.70. The van der Waals surface area contributed by atoms with Crippen molar-refractivity contribution in [3.05, 3.63) is 12.2 Å². The summed E-state index contributed by atoms with van der Waals surface area (Å²) in [5.41, 5.74) is 0. The van der Waals surface area contributed by atoms with Gasteiger partial charge in [0.2, 0.25) is 5.91 Å². The van der Waals surface area contributed by atoms with E-state index in [1.165, 1.54) is 70.6 Å². The first-order valence-electron chi connectivity index (χ1n) is 13.2. The van der Waals surface area contributed by atoms with Crippen LogP contribution in [-0.4, -0.2) is 41.3 Å². The lowest BCUT2D eigenvalue weighted by atomic mass is 10.0. The van der Waals surface area contributed by atoms with Gasteiger partial charge in [0.15, 0.2) is 16.6 Å². The molecule has 2 unspecified atom stereocenters.